The SMILES string of the molecule is O=C(N1CC(=Cc2ccc(Cl)nc2F)C1)N1N=CC[C@H]1c1cncc(F)c1. The quantitative estimate of drug-likeness (QED) is 0.736. The van der Waals surface area contributed by atoms with Crippen LogP contribution in [0.1, 0.15) is 23.6 Å². The van der Waals surface area contributed by atoms with Crippen molar-refractivity contribution in [2.24, 2.45) is 5.10 Å². The van der Waals surface area contributed by atoms with Gasteiger partial charge < -0.3 is 4.90 Å². The number of hydrogen-bond donors (Lipinski definition) is 0. The lowest BCUT2D eigenvalue weighted by Crippen LogP contribution is -2.49. The molecule has 0 N–H and O–H groups in total. The van der Waals surface area contributed by atoms with E-state index in [2.05, 4.69) is 15.1 Å². The number of carbonyl (C=O) groups is 1. The minimum absolute atomic E-state index is 0.0878. The van der Waals surface area contributed by atoms with E-state index in [1.54, 1.807) is 23.3 Å². The van der Waals surface area contributed by atoms with Crippen LogP contribution in [0.25, 0.3) is 6.08 Å². The Labute approximate surface area is 158 Å². The number of nitrogens with zero attached hydrogens (tertiary/aromatic N) is 5. The Morgan fingerprint density at radius 3 is 2.81 bits per heavy atom. The normalized spacial score (nSPS) is 18.6. The molecule has 4 rings (SSSR count). The molecule has 1 atom stereocenters. The monoisotopic (exact) mass is 389 g/mol. The van der Waals surface area contributed by atoms with Gasteiger partial charge in [-0.15, -0.1) is 0 Å². The smallest absolute Gasteiger partial charge is 0.315 e. The summed E-state index contributed by atoms with van der Waals surface area (Å²) < 4.78 is 27.2. The van der Waals surface area contributed by atoms with E-state index in [1.807, 2.05) is 0 Å². The molecule has 1 fully saturated rings. The molecule has 0 unspecified atom stereocenters. The van der Waals surface area contributed by atoms with Crippen molar-refractivity contribution in [2.75, 3.05) is 13.1 Å². The number of hydrogen-bond acceptors (Lipinski definition) is 4. The van der Waals surface area contributed by atoms with Gasteiger partial charge in [-0.25, -0.2) is 19.2 Å². The fraction of sp³-hybridized carbons (Fsp3) is 0.222. The van der Waals surface area contributed by atoms with Gasteiger partial charge in [-0.1, -0.05) is 11.6 Å². The second-order valence-corrected chi connectivity index (χ2v) is 6.67. The maximum absolute atomic E-state index is 13.8. The van der Waals surface area contributed by atoms with E-state index in [-0.39, 0.29) is 17.2 Å². The highest BCUT2D eigenvalue weighted by atomic mass is 35.5. The summed E-state index contributed by atoms with van der Waals surface area (Å²) in [6, 6.07) is 3.73. The first-order valence-electron chi connectivity index (χ1n) is 8.24. The molecule has 1 saturated heterocycles. The van der Waals surface area contributed by atoms with E-state index >= 15 is 0 Å². The third-order valence-corrected chi connectivity index (χ3v) is 4.61. The van der Waals surface area contributed by atoms with E-state index in [1.165, 1.54) is 23.3 Å². The summed E-state index contributed by atoms with van der Waals surface area (Å²) in [4.78, 5) is 21.7. The molecule has 0 radical (unpaired) electrons. The predicted molar refractivity (Wildman–Crippen MR) is 96.0 cm³/mol. The maximum atomic E-state index is 13.8. The Morgan fingerprint density at radius 1 is 1.26 bits per heavy atom. The highest BCUT2D eigenvalue weighted by molar-refractivity contribution is 6.29. The topological polar surface area (TPSA) is 61.7 Å². The first-order valence-corrected chi connectivity index (χ1v) is 8.61. The molecule has 2 aliphatic rings. The van der Waals surface area contributed by atoms with E-state index in [4.69, 9.17) is 11.6 Å². The van der Waals surface area contributed by atoms with Crippen LogP contribution < -0.4 is 0 Å². The van der Waals surface area contributed by atoms with Crippen molar-refractivity contribution in [3.63, 3.8) is 0 Å². The van der Waals surface area contributed by atoms with Crippen LogP contribution in [0.15, 0.2) is 41.3 Å². The van der Waals surface area contributed by atoms with Crippen LogP contribution in [-0.2, 0) is 0 Å². The summed E-state index contributed by atoms with van der Waals surface area (Å²) in [5.74, 6) is -1.11. The number of carbonyl (C=O) groups excluding carboxylic acids is 1. The van der Waals surface area contributed by atoms with E-state index in [0.717, 1.165) is 11.8 Å². The lowest BCUT2D eigenvalue weighted by atomic mass is 10.0. The number of rotatable bonds is 2. The van der Waals surface area contributed by atoms with Crippen LogP contribution >= 0.6 is 11.6 Å². The summed E-state index contributed by atoms with van der Waals surface area (Å²) in [5.41, 5.74) is 1.80. The molecular weight excluding hydrogens is 376 g/mol. The molecule has 2 amide bonds. The van der Waals surface area contributed by atoms with Gasteiger partial charge >= 0.3 is 6.03 Å². The summed E-state index contributed by atoms with van der Waals surface area (Å²) in [5, 5.41) is 5.54. The molecule has 6 nitrogen and oxygen atoms in total. The first kappa shape index (κ1) is 17.5. The van der Waals surface area contributed by atoms with Gasteiger partial charge in [0.05, 0.1) is 12.2 Å². The largest absolute Gasteiger partial charge is 0.341 e. The lowest BCUT2D eigenvalue weighted by molar-refractivity contribution is 0.136. The second kappa shape index (κ2) is 7.03. The zero-order chi connectivity index (χ0) is 19.0. The van der Waals surface area contributed by atoms with E-state index in [9.17, 15) is 13.6 Å². The van der Waals surface area contributed by atoms with E-state index in [0.29, 0.717) is 30.6 Å². The van der Waals surface area contributed by atoms with Gasteiger partial charge in [-0.3, -0.25) is 4.98 Å². The first-order chi connectivity index (χ1) is 13.0. The number of amides is 2. The molecule has 4 heterocycles. The van der Waals surface area contributed by atoms with Crippen molar-refractivity contribution in [3.8, 4) is 0 Å². The summed E-state index contributed by atoms with van der Waals surface area (Å²) in [6.45, 7) is 0.724. The molecule has 9 heteroatoms. The third-order valence-electron chi connectivity index (χ3n) is 4.40. The predicted octanol–water partition coefficient (Wildman–Crippen LogP) is 3.66. The molecule has 27 heavy (non-hydrogen) atoms. The third kappa shape index (κ3) is 3.52. The van der Waals surface area contributed by atoms with Crippen LogP contribution in [0, 0.1) is 11.8 Å². The van der Waals surface area contributed by atoms with Crippen LogP contribution in [0.2, 0.25) is 5.15 Å². The molecule has 0 aromatic carbocycles. The van der Waals surface area contributed by atoms with Gasteiger partial charge in [0.1, 0.15) is 11.0 Å². The molecule has 2 aromatic heterocycles. The molecule has 2 aliphatic heterocycles. The van der Waals surface area contributed by atoms with Crippen LogP contribution in [0.3, 0.4) is 0 Å². The standard InChI is InChI=1S/C18H14ClF2N5O/c19-16-2-1-12(17(21)24-16)5-11-9-25(10-11)18(27)26-15(3-4-23-26)13-6-14(20)8-22-7-13/h1-2,4-8,15H,3,9-10H2/t15-/m0/s1. The number of likely N-dealkylation sites (tertiary alicyclic amines) is 1. The van der Waals surface area contributed by atoms with Gasteiger partial charge in [0.2, 0.25) is 5.95 Å². The van der Waals surface area contributed by atoms with Crippen molar-refractivity contribution in [3.05, 3.63) is 64.2 Å². The van der Waals surface area contributed by atoms with Gasteiger partial charge in [0.25, 0.3) is 0 Å². The molecule has 138 valence electrons. The number of pyridine rings is 2. The van der Waals surface area contributed by atoms with Crippen molar-refractivity contribution >= 4 is 29.9 Å². The highest BCUT2D eigenvalue weighted by Crippen LogP contribution is 2.31. The van der Waals surface area contributed by atoms with Gasteiger partial charge in [0.15, 0.2) is 0 Å². The zero-order valence-corrected chi connectivity index (χ0v) is 14.8. The van der Waals surface area contributed by atoms with Crippen molar-refractivity contribution in [1.82, 2.24) is 19.9 Å². The molecular formula is C18H14ClF2N5O. The summed E-state index contributed by atoms with van der Waals surface area (Å²) in [7, 11) is 0. The Balaban J connectivity index is 1.44. The van der Waals surface area contributed by atoms with Crippen LogP contribution in [0.5, 0.6) is 0 Å². The fourth-order valence-corrected chi connectivity index (χ4v) is 3.19. The number of halogens is 3. The Morgan fingerprint density at radius 2 is 2.07 bits per heavy atom. The fourth-order valence-electron chi connectivity index (χ4n) is 3.05. The molecule has 0 saturated carbocycles. The molecule has 0 spiro atoms. The molecule has 0 bridgehead atoms. The van der Waals surface area contributed by atoms with Crippen molar-refractivity contribution in [1.29, 1.82) is 0 Å². The zero-order valence-electron chi connectivity index (χ0n) is 14.0. The molecule has 2 aromatic rings. The average molecular weight is 390 g/mol. The summed E-state index contributed by atoms with van der Waals surface area (Å²) >= 11 is 5.64. The van der Waals surface area contributed by atoms with E-state index < -0.39 is 11.8 Å². The van der Waals surface area contributed by atoms with Crippen molar-refractivity contribution in [2.45, 2.75) is 12.5 Å². The second-order valence-electron chi connectivity index (χ2n) is 6.29. The number of aromatic nitrogens is 2. The van der Waals surface area contributed by atoms with Crippen LogP contribution in [-0.4, -0.2) is 45.2 Å². The number of urea groups is 1. The van der Waals surface area contributed by atoms with Gasteiger partial charge in [-0.05, 0) is 35.4 Å². The number of hydrazone groups is 1. The van der Waals surface area contributed by atoms with Gasteiger partial charge in [-0.2, -0.15) is 9.49 Å². The molecule has 0 aliphatic carbocycles. The minimum Gasteiger partial charge on any atom is -0.315 e. The van der Waals surface area contributed by atoms with Crippen LogP contribution in [0.4, 0.5) is 13.6 Å². The van der Waals surface area contributed by atoms with Gasteiger partial charge in [0, 0.05) is 37.5 Å². The Bertz CT molecular complexity index is 957. The Hall–Kier alpha value is -2.87. The minimum atomic E-state index is -0.650. The highest BCUT2D eigenvalue weighted by Gasteiger charge is 2.35. The average Bonchev–Trinajstić information content (AvgIpc) is 3.08. The summed E-state index contributed by atoms with van der Waals surface area (Å²) in [6.07, 6.45) is 6.42. The lowest BCUT2D eigenvalue weighted by Gasteiger charge is -2.37. The Kier molecular flexibility index (Phi) is 4.57. The van der Waals surface area contributed by atoms with Crippen molar-refractivity contribution < 1.29 is 13.6 Å². The maximum Gasteiger partial charge on any atom is 0.341 e.